The number of amides is 2. The Morgan fingerprint density at radius 1 is 1.08 bits per heavy atom. The number of nitrogens with zero attached hydrogens (tertiary/aromatic N) is 1. The molecule has 1 aromatic heterocycles. The Hall–Kier alpha value is -3.79. The molecule has 7 nitrogen and oxygen atoms in total. The summed E-state index contributed by atoms with van der Waals surface area (Å²) in [6.07, 6.45) is -4.80. The minimum Gasteiger partial charge on any atom is -0.457 e. The molecule has 1 atom stereocenters. The van der Waals surface area contributed by atoms with Crippen molar-refractivity contribution >= 4 is 29.4 Å². The molecule has 0 aliphatic heterocycles. The average Bonchev–Trinajstić information content (AvgIpc) is 3.10. The van der Waals surface area contributed by atoms with Crippen LogP contribution >= 0.6 is 11.6 Å². The zero-order chi connectivity index (χ0) is 26.6. The maximum atomic E-state index is 13.1. The first-order valence-corrected chi connectivity index (χ1v) is 11.1. The number of aryl methyl sites for hydroxylation is 1. The first-order valence-electron chi connectivity index (χ1n) is 10.7. The lowest BCUT2D eigenvalue weighted by Gasteiger charge is -2.17. The monoisotopic (exact) mass is 521 g/mol. The number of rotatable bonds is 8. The van der Waals surface area contributed by atoms with E-state index in [1.165, 1.54) is 22.8 Å². The van der Waals surface area contributed by atoms with Crippen LogP contribution in [-0.2, 0) is 15.7 Å². The molecule has 0 aliphatic rings. The fourth-order valence-electron chi connectivity index (χ4n) is 3.83. The molecule has 11 heteroatoms. The summed E-state index contributed by atoms with van der Waals surface area (Å²) in [7, 11) is 0. The lowest BCUT2D eigenvalue weighted by atomic mass is 10.0. The third kappa shape index (κ3) is 6.45. The summed E-state index contributed by atoms with van der Waals surface area (Å²) in [5.74, 6) is -1.29. The minimum absolute atomic E-state index is 0.210. The first kappa shape index (κ1) is 26.8. The molecule has 2 aromatic carbocycles. The normalized spacial score (nSPS) is 12.2. The van der Waals surface area contributed by atoms with Crippen LogP contribution in [0, 0.1) is 13.8 Å². The van der Waals surface area contributed by atoms with Gasteiger partial charge in [-0.1, -0.05) is 29.8 Å². The van der Waals surface area contributed by atoms with Gasteiger partial charge in [0.2, 0.25) is 5.78 Å². The van der Waals surface area contributed by atoms with Gasteiger partial charge in [-0.15, -0.1) is 0 Å². The highest BCUT2D eigenvalue weighted by Crippen LogP contribution is 2.31. The Bertz CT molecular complexity index is 1290. The van der Waals surface area contributed by atoms with E-state index in [2.05, 4.69) is 5.32 Å². The number of nitrogens with two attached hydrogens (primary N) is 1. The summed E-state index contributed by atoms with van der Waals surface area (Å²) in [5, 5.41) is 2.91. The standard InChI is InChI=1S/C25H23ClF3N3O4/c1-14-10-20(15(2)32(14)19-5-3-4-17(11-19)25(27,28)29)22(33)13-36-23(34)12-21(31-24(30)35)16-6-8-18(26)9-7-16/h3-11,21H,12-13H2,1-2H3,(H3,30,31,35). The van der Waals surface area contributed by atoms with Gasteiger partial charge in [0, 0.05) is 27.7 Å². The van der Waals surface area contributed by atoms with E-state index in [0.29, 0.717) is 22.0 Å². The van der Waals surface area contributed by atoms with Crippen molar-refractivity contribution in [3.8, 4) is 5.69 Å². The zero-order valence-electron chi connectivity index (χ0n) is 19.4. The summed E-state index contributed by atoms with van der Waals surface area (Å²) in [6.45, 7) is 2.66. The molecular formula is C25H23ClF3N3O4. The second-order valence-electron chi connectivity index (χ2n) is 8.07. The van der Waals surface area contributed by atoms with Crippen molar-refractivity contribution in [2.24, 2.45) is 5.73 Å². The number of hydrogen-bond acceptors (Lipinski definition) is 4. The Morgan fingerprint density at radius 2 is 1.75 bits per heavy atom. The Balaban J connectivity index is 1.72. The Kier molecular flexibility index (Phi) is 8.09. The first-order chi connectivity index (χ1) is 16.9. The highest BCUT2D eigenvalue weighted by molar-refractivity contribution is 6.30. The van der Waals surface area contributed by atoms with Crippen molar-refractivity contribution in [2.45, 2.75) is 32.5 Å². The number of alkyl halides is 3. The molecule has 36 heavy (non-hydrogen) atoms. The van der Waals surface area contributed by atoms with Gasteiger partial charge in [-0.05, 0) is 55.8 Å². The predicted molar refractivity (Wildman–Crippen MR) is 127 cm³/mol. The maximum Gasteiger partial charge on any atom is 0.416 e. The van der Waals surface area contributed by atoms with Gasteiger partial charge in [-0.3, -0.25) is 9.59 Å². The molecule has 0 spiro atoms. The lowest BCUT2D eigenvalue weighted by molar-refractivity contribution is -0.143. The van der Waals surface area contributed by atoms with E-state index in [9.17, 15) is 27.6 Å². The number of carbonyl (C=O) groups excluding carboxylic acids is 3. The van der Waals surface area contributed by atoms with Crippen LogP contribution in [0.1, 0.15) is 45.3 Å². The van der Waals surface area contributed by atoms with Crippen LogP contribution in [0.4, 0.5) is 18.0 Å². The van der Waals surface area contributed by atoms with E-state index in [1.54, 1.807) is 38.1 Å². The Morgan fingerprint density at radius 3 is 2.36 bits per heavy atom. The fourth-order valence-corrected chi connectivity index (χ4v) is 3.96. The van der Waals surface area contributed by atoms with Crippen molar-refractivity contribution < 1.29 is 32.3 Å². The van der Waals surface area contributed by atoms with Gasteiger partial charge < -0.3 is 20.4 Å². The van der Waals surface area contributed by atoms with Gasteiger partial charge >= 0.3 is 18.2 Å². The number of Topliss-reactive ketones (excluding diaryl/α,β-unsaturated/α-hetero) is 1. The lowest BCUT2D eigenvalue weighted by Crippen LogP contribution is -2.34. The van der Waals surface area contributed by atoms with Crippen LogP contribution < -0.4 is 11.1 Å². The van der Waals surface area contributed by atoms with E-state index in [1.807, 2.05) is 0 Å². The van der Waals surface area contributed by atoms with Crippen molar-refractivity contribution in [1.82, 2.24) is 9.88 Å². The number of carbonyl (C=O) groups is 3. The number of ether oxygens (including phenoxy) is 1. The van der Waals surface area contributed by atoms with Gasteiger partial charge in [0.15, 0.2) is 6.61 Å². The predicted octanol–water partition coefficient (Wildman–Crippen LogP) is 5.29. The SMILES string of the molecule is Cc1cc(C(=O)COC(=O)CC(NC(N)=O)c2ccc(Cl)cc2)c(C)n1-c1cccc(C(F)(F)F)c1. The molecule has 0 aliphatic carbocycles. The highest BCUT2D eigenvalue weighted by atomic mass is 35.5. The number of esters is 1. The van der Waals surface area contributed by atoms with E-state index in [0.717, 1.165) is 12.1 Å². The molecule has 0 saturated heterocycles. The smallest absolute Gasteiger partial charge is 0.416 e. The van der Waals surface area contributed by atoms with Crippen LogP contribution in [0.15, 0.2) is 54.6 Å². The van der Waals surface area contributed by atoms with Crippen molar-refractivity contribution in [3.63, 3.8) is 0 Å². The molecular weight excluding hydrogens is 499 g/mol. The van der Waals surface area contributed by atoms with Crippen LogP contribution in [0.2, 0.25) is 5.02 Å². The van der Waals surface area contributed by atoms with Gasteiger partial charge in [-0.2, -0.15) is 13.2 Å². The largest absolute Gasteiger partial charge is 0.457 e. The molecule has 190 valence electrons. The van der Waals surface area contributed by atoms with E-state index in [4.69, 9.17) is 22.1 Å². The fraction of sp³-hybridized carbons (Fsp3) is 0.240. The summed E-state index contributed by atoms with van der Waals surface area (Å²) in [5.41, 5.74) is 6.35. The third-order valence-electron chi connectivity index (χ3n) is 5.49. The van der Waals surface area contributed by atoms with E-state index >= 15 is 0 Å². The minimum atomic E-state index is -4.51. The topological polar surface area (TPSA) is 103 Å². The van der Waals surface area contributed by atoms with Crippen LogP contribution in [-0.4, -0.2) is 29.0 Å². The van der Waals surface area contributed by atoms with Gasteiger partial charge in [-0.25, -0.2) is 4.79 Å². The van der Waals surface area contributed by atoms with Crippen molar-refractivity contribution in [2.75, 3.05) is 6.61 Å². The van der Waals surface area contributed by atoms with Crippen LogP contribution in [0.5, 0.6) is 0 Å². The molecule has 3 rings (SSSR count). The quantitative estimate of drug-likeness (QED) is 0.310. The van der Waals surface area contributed by atoms with Crippen molar-refractivity contribution in [3.05, 3.63) is 87.7 Å². The number of aromatic nitrogens is 1. The number of ketones is 1. The highest BCUT2D eigenvalue weighted by Gasteiger charge is 2.31. The molecule has 0 saturated carbocycles. The number of primary amides is 1. The molecule has 2 amide bonds. The second-order valence-corrected chi connectivity index (χ2v) is 8.51. The third-order valence-corrected chi connectivity index (χ3v) is 5.74. The molecule has 0 fully saturated rings. The number of benzene rings is 2. The van der Waals surface area contributed by atoms with E-state index in [-0.39, 0.29) is 17.7 Å². The average molecular weight is 522 g/mol. The number of hydrogen-bond donors (Lipinski definition) is 2. The Labute approximate surface area is 210 Å². The van der Waals surface area contributed by atoms with Gasteiger partial charge in [0.25, 0.3) is 0 Å². The van der Waals surface area contributed by atoms with Gasteiger partial charge in [0.1, 0.15) is 0 Å². The molecule has 1 heterocycles. The van der Waals surface area contributed by atoms with Crippen molar-refractivity contribution in [1.29, 1.82) is 0 Å². The van der Waals surface area contributed by atoms with Crippen LogP contribution in [0.3, 0.4) is 0 Å². The molecule has 1 unspecified atom stereocenters. The van der Waals surface area contributed by atoms with E-state index < -0.39 is 42.2 Å². The summed E-state index contributed by atoms with van der Waals surface area (Å²) < 4.78 is 46.0. The maximum absolute atomic E-state index is 13.1. The zero-order valence-corrected chi connectivity index (χ0v) is 20.1. The summed E-state index contributed by atoms with van der Waals surface area (Å²) in [6, 6.07) is 11.0. The number of urea groups is 1. The summed E-state index contributed by atoms with van der Waals surface area (Å²) >= 11 is 5.87. The molecule has 0 bridgehead atoms. The number of nitrogens with one attached hydrogen (secondary N) is 1. The molecule has 3 aromatic rings. The molecule has 0 radical (unpaired) electrons. The molecule has 3 N–H and O–H groups in total. The van der Waals surface area contributed by atoms with Crippen LogP contribution in [0.25, 0.3) is 5.69 Å². The number of halogens is 4. The van der Waals surface area contributed by atoms with Gasteiger partial charge in [0.05, 0.1) is 18.0 Å². The summed E-state index contributed by atoms with van der Waals surface area (Å²) in [4.78, 5) is 36.6. The second kappa shape index (κ2) is 10.9.